The fraction of sp³-hybridized carbons (Fsp3) is 0.500. The highest BCUT2D eigenvalue weighted by Gasteiger charge is 2.23. The number of nitrogens with one attached hydrogen (secondary N) is 1. The molecule has 0 bridgehead atoms. The zero-order valence-corrected chi connectivity index (χ0v) is 11.4. The predicted molar refractivity (Wildman–Crippen MR) is 72.3 cm³/mol. The molecule has 0 aromatic heterocycles. The van der Waals surface area contributed by atoms with Crippen molar-refractivity contribution in [3.63, 3.8) is 0 Å². The summed E-state index contributed by atoms with van der Waals surface area (Å²) in [4.78, 5) is 11.9. The van der Waals surface area contributed by atoms with Crippen molar-refractivity contribution >= 4 is 17.5 Å². The zero-order chi connectivity index (χ0) is 12.8. The van der Waals surface area contributed by atoms with Crippen molar-refractivity contribution in [3.05, 3.63) is 34.9 Å². The van der Waals surface area contributed by atoms with Crippen LogP contribution in [0, 0.1) is 5.92 Å². The maximum Gasteiger partial charge on any atom is 0.223 e. The average molecular weight is 254 g/mol. The monoisotopic (exact) mass is 253 g/mol. The van der Waals surface area contributed by atoms with E-state index in [1.807, 2.05) is 38.1 Å². The molecular formula is C14H20ClNO. The minimum atomic E-state index is -0.0292. The Morgan fingerprint density at radius 2 is 2.12 bits per heavy atom. The van der Waals surface area contributed by atoms with Gasteiger partial charge in [-0.1, -0.05) is 37.6 Å². The first-order valence-corrected chi connectivity index (χ1v) is 6.51. The Morgan fingerprint density at radius 1 is 1.41 bits per heavy atom. The number of hydrogen-bond acceptors (Lipinski definition) is 1. The highest BCUT2D eigenvalue weighted by molar-refractivity contribution is 6.30. The van der Waals surface area contributed by atoms with Gasteiger partial charge in [0.05, 0.1) is 0 Å². The molecule has 3 heteroatoms. The van der Waals surface area contributed by atoms with Crippen molar-refractivity contribution in [1.29, 1.82) is 0 Å². The molecule has 0 aliphatic heterocycles. The molecule has 0 saturated carbocycles. The van der Waals surface area contributed by atoms with Gasteiger partial charge in [0.15, 0.2) is 0 Å². The van der Waals surface area contributed by atoms with Crippen LogP contribution < -0.4 is 5.32 Å². The second kappa shape index (κ2) is 6.65. The van der Waals surface area contributed by atoms with Crippen LogP contribution in [0.3, 0.4) is 0 Å². The van der Waals surface area contributed by atoms with Crippen molar-refractivity contribution in [2.24, 2.45) is 5.92 Å². The molecule has 0 fully saturated rings. The molecule has 2 nitrogen and oxygen atoms in total. The van der Waals surface area contributed by atoms with Gasteiger partial charge in [-0.15, -0.1) is 0 Å². The molecule has 0 spiro atoms. The quantitative estimate of drug-likeness (QED) is 0.854. The molecule has 1 aromatic carbocycles. The molecule has 94 valence electrons. The van der Waals surface area contributed by atoms with Crippen molar-refractivity contribution in [2.45, 2.75) is 33.1 Å². The molecule has 1 rings (SSSR count). The van der Waals surface area contributed by atoms with Crippen LogP contribution in [0.4, 0.5) is 0 Å². The maximum absolute atomic E-state index is 11.9. The maximum atomic E-state index is 11.9. The third kappa shape index (κ3) is 3.74. The van der Waals surface area contributed by atoms with Crippen LogP contribution in [-0.4, -0.2) is 12.5 Å². The van der Waals surface area contributed by atoms with Gasteiger partial charge in [-0.2, -0.15) is 0 Å². The van der Waals surface area contributed by atoms with Crippen LogP contribution in [-0.2, 0) is 4.79 Å². The third-order valence-corrected chi connectivity index (χ3v) is 3.32. The molecule has 17 heavy (non-hydrogen) atoms. The van der Waals surface area contributed by atoms with Crippen molar-refractivity contribution in [3.8, 4) is 0 Å². The normalized spacial score (nSPS) is 14.1. The lowest BCUT2D eigenvalue weighted by Crippen LogP contribution is -2.32. The molecule has 0 heterocycles. The van der Waals surface area contributed by atoms with E-state index in [0.717, 1.165) is 17.0 Å². The van der Waals surface area contributed by atoms with E-state index >= 15 is 0 Å². The van der Waals surface area contributed by atoms with Gasteiger partial charge in [0, 0.05) is 17.5 Å². The first-order valence-electron chi connectivity index (χ1n) is 6.13. The summed E-state index contributed by atoms with van der Waals surface area (Å²) in [6, 6.07) is 7.78. The SMILES string of the molecule is CCNC(=O)C(C)C(CC)c1cccc(Cl)c1. The third-order valence-electron chi connectivity index (χ3n) is 3.08. The molecule has 0 saturated heterocycles. The second-order valence-electron chi connectivity index (χ2n) is 4.25. The number of benzene rings is 1. The van der Waals surface area contributed by atoms with Gasteiger partial charge in [0.2, 0.25) is 5.91 Å². The second-order valence-corrected chi connectivity index (χ2v) is 4.69. The largest absolute Gasteiger partial charge is 0.356 e. The summed E-state index contributed by atoms with van der Waals surface area (Å²) in [6.07, 6.45) is 0.929. The number of carbonyl (C=O) groups is 1. The molecule has 0 aliphatic carbocycles. The molecule has 0 aliphatic rings. The molecule has 1 amide bonds. The summed E-state index contributed by atoms with van der Waals surface area (Å²) in [5.74, 6) is 0.304. The molecule has 2 unspecified atom stereocenters. The van der Waals surface area contributed by atoms with Crippen LogP contribution in [0.2, 0.25) is 5.02 Å². The zero-order valence-electron chi connectivity index (χ0n) is 10.7. The van der Waals surface area contributed by atoms with Crippen LogP contribution in [0.25, 0.3) is 0 Å². The summed E-state index contributed by atoms with van der Waals surface area (Å²) in [6.45, 7) is 6.68. The predicted octanol–water partition coefficient (Wildman–Crippen LogP) is 3.61. The highest BCUT2D eigenvalue weighted by atomic mass is 35.5. The average Bonchev–Trinajstić information content (AvgIpc) is 2.30. The van der Waals surface area contributed by atoms with E-state index in [1.54, 1.807) is 0 Å². The van der Waals surface area contributed by atoms with Crippen molar-refractivity contribution in [2.75, 3.05) is 6.54 Å². The van der Waals surface area contributed by atoms with Crippen LogP contribution in [0.1, 0.15) is 38.7 Å². The molecular weight excluding hydrogens is 234 g/mol. The van der Waals surface area contributed by atoms with Crippen LogP contribution >= 0.6 is 11.6 Å². The Kier molecular flexibility index (Phi) is 5.49. The van der Waals surface area contributed by atoms with Crippen molar-refractivity contribution in [1.82, 2.24) is 5.32 Å². The number of hydrogen-bond donors (Lipinski definition) is 1. The van der Waals surface area contributed by atoms with Gasteiger partial charge in [-0.25, -0.2) is 0 Å². The standard InChI is InChI=1S/C14H20ClNO/c1-4-13(10(3)14(17)16-5-2)11-7-6-8-12(15)9-11/h6-10,13H,4-5H2,1-3H3,(H,16,17). The van der Waals surface area contributed by atoms with E-state index in [2.05, 4.69) is 12.2 Å². The highest BCUT2D eigenvalue weighted by Crippen LogP contribution is 2.29. The Hall–Kier alpha value is -1.02. The summed E-state index contributed by atoms with van der Waals surface area (Å²) in [7, 11) is 0. The number of rotatable bonds is 5. The summed E-state index contributed by atoms with van der Waals surface area (Å²) < 4.78 is 0. The van der Waals surface area contributed by atoms with Crippen molar-refractivity contribution < 1.29 is 4.79 Å². The fourth-order valence-corrected chi connectivity index (χ4v) is 2.33. The molecule has 1 aromatic rings. The van der Waals surface area contributed by atoms with E-state index in [0.29, 0.717) is 6.54 Å². The van der Waals surface area contributed by atoms with Gasteiger partial charge in [-0.3, -0.25) is 4.79 Å². The Morgan fingerprint density at radius 3 is 2.65 bits per heavy atom. The summed E-state index contributed by atoms with van der Waals surface area (Å²) in [5, 5.41) is 3.60. The van der Waals surface area contributed by atoms with E-state index < -0.39 is 0 Å². The van der Waals surface area contributed by atoms with Gasteiger partial charge in [0.1, 0.15) is 0 Å². The number of halogens is 1. The Labute approximate surface area is 108 Å². The van der Waals surface area contributed by atoms with Crippen LogP contribution in [0.15, 0.2) is 24.3 Å². The lowest BCUT2D eigenvalue weighted by Gasteiger charge is -2.22. The number of carbonyl (C=O) groups excluding carboxylic acids is 1. The summed E-state index contributed by atoms with van der Waals surface area (Å²) in [5.41, 5.74) is 1.14. The Balaban J connectivity index is 2.87. The first kappa shape index (κ1) is 14.0. The van der Waals surface area contributed by atoms with Gasteiger partial charge in [0.25, 0.3) is 0 Å². The molecule has 0 radical (unpaired) electrons. The first-order chi connectivity index (χ1) is 8.10. The fourth-order valence-electron chi connectivity index (χ4n) is 2.13. The number of amides is 1. The summed E-state index contributed by atoms with van der Waals surface area (Å²) >= 11 is 5.99. The van der Waals surface area contributed by atoms with Crippen LogP contribution in [0.5, 0.6) is 0 Å². The lowest BCUT2D eigenvalue weighted by molar-refractivity contribution is -0.125. The molecule has 1 N–H and O–H groups in total. The topological polar surface area (TPSA) is 29.1 Å². The van der Waals surface area contributed by atoms with E-state index in [4.69, 9.17) is 11.6 Å². The smallest absolute Gasteiger partial charge is 0.223 e. The van der Waals surface area contributed by atoms with Gasteiger partial charge in [-0.05, 0) is 37.0 Å². The van der Waals surface area contributed by atoms with Gasteiger partial charge >= 0.3 is 0 Å². The van der Waals surface area contributed by atoms with E-state index in [9.17, 15) is 4.79 Å². The van der Waals surface area contributed by atoms with E-state index in [-0.39, 0.29) is 17.7 Å². The minimum Gasteiger partial charge on any atom is -0.356 e. The van der Waals surface area contributed by atoms with E-state index in [1.165, 1.54) is 0 Å². The Bertz CT molecular complexity index is 378. The minimum absolute atomic E-state index is 0.0292. The molecule has 2 atom stereocenters. The van der Waals surface area contributed by atoms with Gasteiger partial charge < -0.3 is 5.32 Å². The lowest BCUT2D eigenvalue weighted by atomic mass is 9.84.